The molecule has 18 heavy (non-hydrogen) atoms. The minimum atomic E-state index is 0.404. The fraction of sp³-hybridized carbons (Fsp3) is 0.857. The lowest BCUT2D eigenvalue weighted by Crippen LogP contribution is -2.32. The molecule has 0 unspecified atom stereocenters. The van der Waals surface area contributed by atoms with Crippen LogP contribution in [-0.4, -0.2) is 20.1 Å². The van der Waals surface area contributed by atoms with Crippen LogP contribution < -0.4 is 0 Å². The Balaban J connectivity index is 2.17. The van der Waals surface area contributed by atoms with Crippen LogP contribution in [0.4, 0.5) is 0 Å². The summed E-state index contributed by atoms with van der Waals surface area (Å²) >= 11 is 3.73. The summed E-state index contributed by atoms with van der Waals surface area (Å²) in [6.45, 7) is 5.33. The van der Waals surface area contributed by atoms with Crippen molar-refractivity contribution in [2.75, 3.05) is 5.33 Å². The Hall–Kier alpha value is -0.380. The molecule has 1 aliphatic rings. The lowest BCUT2D eigenvalue weighted by molar-refractivity contribution is 0.181. The van der Waals surface area contributed by atoms with Crippen molar-refractivity contribution >= 4 is 15.9 Å². The van der Waals surface area contributed by atoms with Gasteiger partial charge in [-0.2, -0.15) is 5.10 Å². The zero-order chi connectivity index (χ0) is 13.0. The average molecular weight is 314 g/mol. The van der Waals surface area contributed by atoms with Gasteiger partial charge in [0, 0.05) is 24.7 Å². The van der Waals surface area contributed by atoms with Crippen LogP contribution in [0.25, 0.3) is 0 Å². The van der Waals surface area contributed by atoms with Gasteiger partial charge in [-0.25, -0.2) is 9.67 Å². The number of halogens is 1. The fourth-order valence-electron chi connectivity index (χ4n) is 2.92. The molecule has 3 nitrogen and oxygen atoms in total. The van der Waals surface area contributed by atoms with Crippen molar-refractivity contribution in [3.05, 3.63) is 11.6 Å². The van der Waals surface area contributed by atoms with Gasteiger partial charge in [-0.15, -0.1) is 0 Å². The molecular formula is C14H24BrN3. The van der Waals surface area contributed by atoms with Gasteiger partial charge in [0.1, 0.15) is 5.82 Å². The molecule has 0 radical (unpaired) electrons. The van der Waals surface area contributed by atoms with Gasteiger partial charge >= 0.3 is 0 Å². The first-order valence-corrected chi connectivity index (χ1v) is 8.33. The summed E-state index contributed by atoms with van der Waals surface area (Å²) in [7, 11) is 0. The maximum Gasteiger partial charge on any atom is 0.150 e. The highest BCUT2D eigenvalue weighted by atomic mass is 79.9. The minimum Gasteiger partial charge on any atom is -0.249 e. The van der Waals surface area contributed by atoms with Crippen molar-refractivity contribution < 1.29 is 0 Å². The molecule has 0 spiro atoms. The number of rotatable bonds is 5. The molecule has 0 bridgehead atoms. The molecule has 0 saturated heterocycles. The van der Waals surface area contributed by atoms with E-state index >= 15 is 0 Å². The Kier molecular flexibility index (Phi) is 4.82. The highest BCUT2D eigenvalue weighted by Crippen LogP contribution is 2.39. The van der Waals surface area contributed by atoms with Crippen LogP contribution >= 0.6 is 15.9 Å². The summed E-state index contributed by atoms with van der Waals surface area (Å²) in [4.78, 5) is 4.61. The van der Waals surface area contributed by atoms with Crippen LogP contribution in [0.2, 0.25) is 0 Å². The van der Waals surface area contributed by atoms with Gasteiger partial charge in [0.05, 0.1) is 0 Å². The molecule has 1 aromatic heterocycles. The number of hydrogen-bond acceptors (Lipinski definition) is 2. The molecule has 0 atom stereocenters. The Bertz CT molecular complexity index is 380. The zero-order valence-electron chi connectivity index (χ0n) is 11.6. The summed E-state index contributed by atoms with van der Waals surface area (Å²) in [5, 5.41) is 5.76. The molecule has 102 valence electrons. The summed E-state index contributed by atoms with van der Waals surface area (Å²) < 4.78 is 2.17. The molecule has 0 N–H and O–H groups in total. The Labute approximate surface area is 118 Å². The van der Waals surface area contributed by atoms with Crippen molar-refractivity contribution in [2.24, 2.45) is 5.41 Å². The first-order valence-electron chi connectivity index (χ1n) is 7.21. The van der Waals surface area contributed by atoms with Gasteiger partial charge in [0.2, 0.25) is 0 Å². The van der Waals surface area contributed by atoms with Gasteiger partial charge in [0.15, 0.2) is 5.82 Å². The molecule has 1 heterocycles. The molecule has 4 heteroatoms. The van der Waals surface area contributed by atoms with E-state index in [0.29, 0.717) is 5.41 Å². The third-order valence-corrected chi connectivity index (χ3v) is 5.30. The zero-order valence-corrected chi connectivity index (χ0v) is 13.2. The number of alkyl halides is 1. The molecular weight excluding hydrogens is 290 g/mol. The highest BCUT2D eigenvalue weighted by Gasteiger charge is 2.32. The van der Waals surface area contributed by atoms with E-state index in [9.17, 15) is 0 Å². The molecule has 1 fully saturated rings. The van der Waals surface area contributed by atoms with E-state index in [1.54, 1.807) is 0 Å². The summed E-state index contributed by atoms with van der Waals surface area (Å²) in [5.74, 6) is 2.14. The molecule has 0 amide bonds. The van der Waals surface area contributed by atoms with E-state index in [1.165, 1.54) is 32.1 Å². The number of nitrogens with zero attached hydrogens (tertiary/aromatic N) is 3. The van der Waals surface area contributed by atoms with Crippen molar-refractivity contribution in [2.45, 2.75) is 65.3 Å². The number of aryl methyl sites for hydroxylation is 2. The van der Waals surface area contributed by atoms with Gasteiger partial charge in [-0.1, -0.05) is 49.0 Å². The Morgan fingerprint density at radius 3 is 2.44 bits per heavy atom. The van der Waals surface area contributed by atoms with E-state index in [-0.39, 0.29) is 0 Å². The first-order chi connectivity index (χ1) is 8.73. The van der Waals surface area contributed by atoms with Crippen LogP contribution in [0.5, 0.6) is 0 Å². The highest BCUT2D eigenvalue weighted by molar-refractivity contribution is 9.09. The minimum absolute atomic E-state index is 0.404. The maximum atomic E-state index is 4.67. The predicted octanol–water partition coefficient (Wildman–Crippen LogP) is 3.75. The lowest BCUT2D eigenvalue weighted by atomic mass is 9.75. The fourth-order valence-corrected chi connectivity index (χ4v) is 3.66. The van der Waals surface area contributed by atoms with E-state index in [0.717, 1.165) is 36.4 Å². The third-order valence-electron chi connectivity index (χ3n) is 4.11. The van der Waals surface area contributed by atoms with Gasteiger partial charge in [-0.3, -0.25) is 0 Å². The van der Waals surface area contributed by atoms with E-state index in [1.807, 2.05) is 0 Å². The summed E-state index contributed by atoms with van der Waals surface area (Å²) in [6, 6.07) is 0. The second kappa shape index (κ2) is 6.18. The largest absolute Gasteiger partial charge is 0.249 e. The van der Waals surface area contributed by atoms with E-state index in [4.69, 9.17) is 0 Å². The van der Waals surface area contributed by atoms with Crippen molar-refractivity contribution in [1.82, 2.24) is 14.8 Å². The standard InChI is InChI=1S/C14H24BrN3/c1-3-12-16-13(4-2)18(17-12)11-14(10-15)8-6-5-7-9-14/h3-11H2,1-2H3. The van der Waals surface area contributed by atoms with Crippen LogP contribution in [0.15, 0.2) is 0 Å². The predicted molar refractivity (Wildman–Crippen MR) is 78.1 cm³/mol. The maximum absolute atomic E-state index is 4.67. The molecule has 1 aliphatic carbocycles. The topological polar surface area (TPSA) is 30.7 Å². The summed E-state index contributed by atoms with van der Waals surface area (Å²) in [5.41, 5.74) is 0.404. The van der Waals surface area contributed by atoms with Crippen molar-refractivity contribution in [3.63, 3.8) is 0 Å². The molecule has 0 aromatic carbocycles. The van der Waals surface area contributed by atoms with Gasteiger partial charge in [-0.05, 0) is 18.3 Å². The van der Waals surface area contributed by atoms with Crippen LogP contribution in [0.1, 0.15) is 57.6 Å². The smallest absolute Gasteiger partial charge is 0.150 e. The second-order valence-corrected chi connectivity index (χ2v) is 6.06. The van der Waals surface area contributed by atoms with Crippen molar-refractivity contribution in [1.29, 1.82) is 0 Å². The molecule has 2 rings (SSSR count). The average Bonchev–Trinajstić information content (AvgIpc) is 2.82. The first kappa shape index (κ1) is 14.0. The molecule has 0 aliphatic heterocycles. The summed E-state index contributed by atoms with van der Waals surface area (Å²) in [6.07, 6.45) is 8.68. The third kappa shape index (κ3) is 2.95. The quantitative estimate of drug-likeness (QED) is 0.775. The number of hydrogen-bond donors (Lipinski definition) is 0. The van der Waals surface area contributed by atoms with Gasteiger partial charge < -0.3 is 0 Å². The SMILES string of the molecule is CCc1nc(CC)n(CC2(CBr)CCCCC2)n1. The number of aromatic nitrogens is 3. The van der Waals surface area contributed by atoms with Crippen molar-refractivity contribution in [3.8, 4) is 0 Å². The van der Waals surface area contributed by atoms with Crippen LogP contribution in [0.3, 0.4) is 0 Å². The monoisotopic (exact) mass is 313 g/mol. The van der Waals surface area contributed by atoms with Crippen LogP contribution in [-0.2, 0) is 19.4 Å². The van der Waals surface area contributed by atoms with Crippen LogP contribution in [0, 0.1) is 5.41 Å². The second-order valence-electron chi connectivity index (χ2n) is 5.50. The molecule has 1 aromatic rings. The van der Waals surface area contributed by atoms with Gasteiger partial charge in [0.25, 0.3) is 0 Å². The Morgan fingerprint density at radius 2 is 1.89 bits per heavy atom. The van der Waals surface area contributed by atoms with E-state index in [2.05, 4.69) is 44.5 Å². The normalized spacial score (nSPS) is 19.1. The lowest BCUT2D eigenvalue weighted by Gasteiger charge is -2.35. The van der Waals surface area contributed by atoms with E-state index < -0.39 is 0 Å². The molecule has 1 saturated carbocycles. The Morgan fingerprint density at radius 1 is 1.17 bits per heavy atom.